The van der Waals surface area contributed by atoms with Crippen LogP contribution >= 0.6 is 11.6 Å². The zero-order valence-corrected chi connectivity index (χ0v) is 12.2. The van der Waals surface area contributed by atoms with Gasteiger partial charge in [0, 0.05) is 11.1 Å². The molecule has 20 heavy (non-hydrogen) atoms. The van der Waals surface area contributed by atoms with Crippen molar-refractivity contribution in [1.29, 1.82) is 0 Å². The van der Waals surface area contributed by atoms with Gasteiger partial charge in [-0.15, -0.1) is 0 Å². The molecule has 4 heteroatoms. The van der Waals surface area contributed by atoms with E-state index >= 15 is 0 Å². The van der Waals surface area contributed by atoms with E-state index in [1.807, 2.05) is 26.0 Å². The lowest BCUT2D eigenvalue weighted by atomic mass is 10.0. The summed E-state index contributed by atoms with van der Waals surface area (Å²) in [5, 5.41) is 0.651. The fourth-order valence-corrected chi connectivity index (χ4v) is 2.27. The fourth-order valence-electron chi connectivity index (χ4n) is 2.04. The topological polar surface area (TPSA) is 35.2 Å². The second kappa shape index (κ2) is 6.25. The highest BCUT2D eigenvalue weighted by Crippen LogP contribution is 2.28. The molecule has 2 atom stereocenters. The average Bonchev–Trinajstić information content (AvgIpc) is 2.37. The molecule has 0 spiro atoms. The van der Waals surface area contributed by atoms with Gasteiger partial charge in [-0.25, -0.2) is 4.39 Å². The Labute approximate surface area is 123 Å². The van der Waals surface area contributed by atoms with Gasteiger partial charge in [-0.2, -0.15) is 0 Å². The molecule has 2 aromatic carbocycles. The van der Waals surface area contributed by atoms with Crippen molar-refractivity contribution in [1.82, 2.24) is 0 Å². The summed E-state index contributed by atoms with van der Waals surface area (Å²) in [4.78, 5) is 0. The summed E-state index contributed by atoms with van der Waals surface area (Å²) in [6, 6.07) is 11.4. The predicted molar refractivity (Wildman–Crippen MR) is 79.6 cm³/mol. The third kappa shape index (κ3) is 3.50. The molecule has 2 N–H and O–H groups in total. The summed E-state index contributed by atoms with van der Waals surface area (Å²) < 4.78 is 19.3. The van der Waals surface area contributed by atoms with E-state index in [1.165, 1.54) is 12.1 Å². The molecule has 0 saturated carbocycles. The molecule has 0 heterocycles. The second-order valence-corrected chi connectivity index (χ2v) is 5.30. The van der Waals surface area contributed by atoms with E-state index in [0.29, 0.717) is 16.3 Å². The molecule has 2 nitrogen and oxygen atoms in total. The molecule has 0 aliphatic heterocycles. The minimum absolute atomic E-state index is 0.271. The van der Waals surface area contributed by atoms with E-state index in [1.54, 1.807) is 18.2 Å². The summed E-state index contributed by atoms with van der Waals surface area (Å²) in [5.41, 5.74) is 7.61. The van der Waals surface area contributed by atoms with Gasteiger partial charge in [0.1, 0.15) is 17.7 Å². The van der Waals surface area contributed by atoms with Gasteiger partial charge in [-0.1, -0.05) is 23.7 Å². The van der Waals surface area contributed by atoms with Crippen LogP contribution in [0.1, 0.15) is 24.2 Å². The predicted octanol–water partition coefficient (Wildman–Crippen LogP) is 4.25. The molecular formula is C16H17ClFNO. The average molecular weight is 294 g/mol. The van der Waals surface area contributed by atoms with Gasteiger partial charge in [0.2, 0.25) is 0 Å². The van der Waals surface area contributed by atoms with Crippen molar-refractivity contribution in [3.8, 4) is 5.75 Å². The van der Waals surface area contributed by atoms with E-state index in [9.17, 15) is 4.39 Å². The highest BCUT2D eigenvalue weighted by Gasteiger charge is 2.19. The highest BCUT2D eigenvalue weighted by atomic mass is 35.5. The maximum absolute atomic E-state index is 13.3. The Balaban J connectivity index is 2.30. The van der Waals surface area contributed by atoms with Crippen LogP contribution in [0.5, 0.6) is 5.75 Å². The summed E-state index contributed by atoms with van der Waals surface area (Å²) in [6.07, 6.45) is -0.412. The molecular weight excluding hydrogens is 277 g/mol. The first-order valence-electron chi connectivity index (χ1n) is 6.41. The Hall–Kier alpha value is -1.58. The Bertz CT molecular complexity index is 601. The maximum atomic E-state index is 13.3. The SMILES string of the molecule is Cc1cc(Cl)ccc1OC(c1cccc(F)c1)C(C)N. The van der Waals surface area contributed by atoms with Crippen LogP contribution in [0.15, 0.2) is 42.5 Å². The summed E-state index contributed by atoms with van der Waals surface area (Å²) >= 11 is 5.92. The third-order valence-electron chi connectivity index (χ3n) is 3.05. The van der Waals surface area contributed by atoms with Crippen molar-refractivity contribution in [2.45, 2.75) is 26.0 Å². The van der Waals surface area contributed by atoms with Crippen molar-refractivity contribution in [2.75, 3.05) is 0 Å². The number of benzene rings is 2. The van der Waals surface area contributed by atoms with Crippen molar-refractivity contribution < 1.29 is 9.13 Å². The second-order valence-electron chi connectivity index (χ2n) is 4.86. The van der Waals surface area contributed by atoms with Gasteiger partial charge in [0.25, 0.3) is 0 Å². The minimum Gasteiger partial charge on any atom is -0.484 e. The first-order chi connectivity index (χ1) is 9.47. The van der Waals surface area contributed by atoms with Gasteiger partial charge in [0.15, 0.2) is 0 Å². The van der Waals surface area contributed by atoms with E-state index in [0.717, 1.165) is 5.56 Å². The lowest BCUT2D eigenvalue weighted by Crippen LogP contribution is -2.29. The van der Waals surface area contributed by atoms with Crippen LogP contribution in [0.2, 0.25) is 5.02 Å². The molecule has 0 aliphatic rings. The maximum Gasteiger partial charge on any atom is 0.139 e. The molecule has 0 radical (unpaired) electrons. The molecule has 0 aromatic heterocycles. The van der Waals surface area contributed by atoms with E-state index in [2.05, 4.69) is 0 Å². The zero-order valence-electron chi connectivity index (χ0n) is 11.4. The molecule has 0 fully saturated rings. The summed E-state index contributed by atoms with van der Waals surface area (Å²) in [5.74, 6) is 0.394. The molecule has 0 bridgehead atoms. The van der Waals surface area contributed by atoms with E-state index in [-0.39, 0.29) is 11.9 Å². The Morgan fingerprint density at radius 2 is 1.95 bits per heavy atom. The Morgan fingerprint density at radius 1 is 1.20 bits per heavy atom. The number of aryl methyl sites for hydroxylation is 1. The van der Waals surface area contributed by atoms with Gasteiger partial charge in [-0.3, -0.25) is 0 Å². The van der Waals surface area contributed by atoms with Gasteiger partial charge in [-0.05, 0) is 55.3 Å². The Kier molecular flexibility index (Phi) is 4.63. The van der Waals surface area contributed by atoms with E-state index in [4.69, 9.17) is 22.1 Å². The first kappa shape index (κ1) is 14.8. The largest absolute Gasteiger partial charge is 0.484 e. The summed E-state index contributed by atoms with van der Waals surface area (Å²) in [7, 11) is 0. The number of hydrogen-bond acceptors (Lipinski definition) is 2. The number of hydrogen-bond donors (Lipinski definition) is 1. The Morgan fingerprint density at radius 3 is 2.55 bits per heavy atom. The molecule has 0 aliphatic carbocycles. The lowest BCUT2D eigenvalue weighted by Gasteiger charge is -2.24. The standard InChI is InChI=1S/C16H17ClFNO/c1-10-8-13(17)6-7-15(10)20-16(11(2)19)12-4-3-5-14(18)9-12/h3-9,11,16H,19H2,1-2H3. The van der Waals surface area contributed by atoms with Crippen molar-refractivity contribution >= 4 is 11.6 Å². The van der Waals surface area contributed by atoms with Crippen LogP contribution in [0.25, 0.3) is 0 Å². The molecule has 2 rings (SSSR count). The molecule has 2 aromatic rings. The third-order valence-corrected chi connectivity index (χ3v) is 3.28. The highest BCUT2D eigenvalue weighted by molar-refractivity contribution is 6.30. The normalized spacial score (nSPS) is 13.8. The van der Waals surface area contributed by atoms with Gasteiger partial charge < -0.3 is 10.5 Å². The van der Waals surface area contributed by atoms with Crippen LogP contribution in [-0.2, 0) is 0 Å². The number of halogens is 2. The number of nitrogens with two attached hydrogens (primary N) is 1. The molecule has 0 amide bonds. The number of ether oxygens (including phenoxy) is 1. The molecule has 0 saturated heterocycles. The van der Waals surface area contributed by atoms with Crippen molar-refractivity contribution in [3.63, 3.8) is 0 Å². The molecule has 106 valence electrons. The van der Waals surface area contributed by atoms with Crippen molar-refractivity contribution in [2.24, 2.45) is 5.73 Å². The van der Waals surface area contributed by atoms with Crippen LogP contribution in [0.4, 0.5) is 4.39 Å². The molecule has 2 unspecified atom stereocenters. The van der Waals surface area contributed by atoms with Crippen LogP contribution in [-0.4, -0.2) is 6.04 Å². The lowest BCUT2D eigenvalue weighted by molar-refractivity contribution is 0.179. The first-order valence-corrected chi connectivity index (χ1v) is 6.79. The van der Waals surface area contributed by atoms with Crippen molar-refractivity contribution in [3.05, 3.63) is 64.4 Å². The number of rotatable bonds is 4. The van der Waals surface area contributed by atoms with Gasteiger partial charge in [0.05, 0.1) is 0 Å². The van der Waals surface area contributed by atoms with Gasteiger partial charge >= 0.3 is 0 Å². The van der Waals surface area contributed by atoms with Crippen LogP contribution in [0, 0.1) is 12.7 Å². The quantitative estimate of drug-likeness (QED) is 0.914. The smallest absolute Gasteiger partial charge is 0.139 e. The zero-order chi connectivity index (χ0) is 14.7. The fraction of sp³-hybridized carbons (Fsp3) is 0.250. The monoisotopic (exact) mass is 293 g/mol. The van der Waals surface area contributed by atoms with E-state index < -0.39 is 6.10 Å². The summed E-state index contributed by atoms with van der Waals surface area (Å²) in [6.45, 7) is 3.74. The minimum atomic E-state index is -0.412. The van der Waals surface area contributed by atoms with Crippen LogP contribution in [0.3, 0.4) is 0 Å². The van der Waals surface area contributed by atoms with Crippen LogP contribution < -0.4 is 10.5 Å².